The fourth-order valence-electron chi connectivity index (χ4n) is 2.50. The Morgan fingerprint density at radius 1 is 1.26 bits per heavy atom. The molecule has 0 aliphatic carbocycles. The van der Waals surface area contributed by atoms with E-state index in [1.165, 1.54) is 18.2 Å². The van der Waals surface area contributed by atoms with Crippen LogP contribution in [0.1, 0.15) is 23.0 Å². The molecule has 0 saturated heterocycles. The third kappa shape index (κ3) is 3.37. The molecule has 3 nitrogen and oxygen atoms in total. The summed E-state index contributed by atoms with van der Waals surface area (Å²) in [5.41, 5.74) is 0.670. The molecule has 1 aromatic heterocycles. The van der Waals surface area contributed by atoms with Crippen LogP contribution in [-0.2, 0) is 6.42 Å². The summed E-state index contributed by atoms with van der Waals surface area (Å²) in [6.45, 7) is 1.83. The molecule has 1 amide bonds. The van der Waals surface area contributed by atoms with Crippen LogP contribution in [0.25, 0.3) is 11.0 Å². The molecule has 1 N–H and O–H groups in total. The maximum Gasteiger partial charge on any atom is 0.256 e. The first-order chi connectivity index (χ1) is 11.0. The number of hydrogen-bond donors (Lipinski definition) is 1. The van der Waals surface area contributed by atoms with Crippen LogP contribution >= 0.6 is 11.6 Å². The molecule has 0 bridgehead atoms. The molecule has 3 rings (SSSR count). The third-order valence-electron chi connectivity index (χ3n) is 3.55. The zero-order chi connectivity index (χ0) is 16.4. The van der Waals surface area contributed by atoms with E-state index in [0.717, 1.165) is 16.7 Å². The number of furan rings is 1. The molecule has 0 spiro atoms. The Bertz CT molecular complexity index is 806. The van der Waals surface area contributed by atoms with Crippen molar-refractivity contribution in [3.8, 4) is 0 Å². The van der Waals surface area contributed by atoms with Crippen LogP contribution < -0.4 is 5.32 Å². The monoisotopic (exact) mass is 331 g/mol. The normalized spacial score (nSPS) is 12.3. The quantitative estimate of drug-likeness (QED) is 0.760. The summed E-state index contributed by atoms with van der Waals surface area (Å²) in [5, 5.41) is 3.86. The lowest BCUT2D eigenvalue weighted by Gasteiger charge is -2.13. The van der Waals surface area contributed by atoms with Crippen LogP contribution in [-0.4, -0.2) is 11.9 Å². The number of carbonyl (C=O) groups is 1. The number of para-hydroxylation sites is 1. The molecule has 0 aliphatic rings. The van der Waals surface area contributed by atoms with Gasteiger partial charge in [-0.05, 0) is 31.2 Å². The molecule has 1 atom stereocenters. The number of benzene rings is 2. The lowest BCUT2D eigenvalue weighted by Crippen LogP contribution is -2.34. The van der Waals surface area contributed by atoms with Gasteiger partial charge in [0.1, 0.15) is 17.2 Å². The van der Waals surface area contributed by atoms with Crippen molar-refractivity contribution in [2.75, 3.05) is 0 Å². The van der Waals surface area contributed by atoms with Crippen LogP contribution in [0.4, 0.5) is 4.39 Å². The first-order valence-corrected chi connectivity index (χ1v) is 7.64. The Morgan fingerprint density at radius 2 is 2.04 bits per heavy atom. The summed E-state index contributed by atoms with van der Waals surface area (Å²) >= 11 is 5.90. The van der Waals surface area contributed by atoms with Gasteiger partial charge in [0, 0.05) is 17.8 Å². The molecule has 0 aliphatic heterocycles. The van der Waals surface area contributed by atoms with Gasteiger partial charge in [0.05, 0.1) is 10.6 Å². The number of carbonyl (C=O) groups excluding carboxylic acids is 1. The van der Waals surface area contributed by atoms with Crippen molar-refractivity contribution in [2.45, 2.75) is 19.4 Å². The summed E-state index contributed by atoms with van der Waals surface area (Å²) in [6.07, 6.45) is 0.506. The lowest BCUT2D eigenvalue weighted by atomic mass is 10.1. The zero-order valence-electron chi connectivity index (χ0n) is 12.5. The van der Waals surface area contributed by atoms with E-state index in [1.807, 2.05) is 37.3 Å². The zero-order valence-corrected chi connectivity index (χ0v) is 13.2. The SMILES string of the molecule is CC(Cc1cc2ccccc2o1)NC(=O)c1c(F)cccc1Cl. The Hall–Kier alpha value is -2.33. The van der Waals surface area contributed by atoms with Gasteiger partial charge in [0.2, 0.25) is 0 Å². The second-order valence-electron chi connectivity index (χ2n) is 5.43. The maximum atomic E-state index is 13.8. The van der Waals surface area contributed by atoms with Crippen molar-refractivity contribution in [1.82, 2.24) is 5.32 Å². The molecule has 5 heteroatoms. The molecule has 0 radical (unpaired) electrons. The summed E-state index contributed by atoms with van der Waals surface area (Å²) in [4.78, 5) is 12.2. The maximum absolute atomic E-state index is 13.8. The van der Waals surface area contributed by atoms with Crippen LogP contribution in [0.3, 0.4) is 0 Å². The van der Waals surface area contributed by atoms with E-state index >= 15 is 0 Å². The van der Waals surface area contributed by atoms with E-state index in [4.69, 9.17) is 16.0 Å². The average Bonchev–Trinajstić information content (AvgIpc) is 2.88. The van der Waals surface area contributed by atoms with Gasteiger partial charge < -0.3 is 9.73 Å². The van der Waals surface area contributed by atoms with Gasteiger partial charge in [-0.15, -0.1) is 0 Å². The minimum atomic E-state index is -0.633. The number of fused-ring (bicyclic) bond motifs is 1. The van der Waals surface area contributed by atoms with Gasteiger partial charge in [0.15, 0.2) is 0 Å². The number of rotatable bonds is 4. The van der Waals surface area contributed by atoms with Crippen LogP contribution in [0.2, 0.25) is 5.02 Å². The predicted molar refractivity (Wildman–Crippen MR) is 88.3 cm³/mol. The molecule has 0 fully saturated rings. The van der Waals surface area contributed by atoms with E-state index in [9.17, 15) is 9.18 Å². The smallest absolute Gasteiger partial charge is 0.256 e. The Balaban J connectivity index is 1.71. The van der Waals surface area contributed by atoms with Gasteiger partial charge in [-0.25, -0.2) is 4.39 Å². The molecule has 118 valence electrons. The molecule has 2 aromatic carbocycles. The summed E-state index contributed by atoms with van der Waals surface area (Å²) in [7, 11) is 0. The Kier molecular flexibility index (Phi) is 4.35. The summed E-state index contributed by atoms with van der Waals surface area (Å²) in [5.74, 6) is -0.402. The van der Waals surface area contributed by atoms with E-state index in [1.54, 1.807) is 0 Å². The highest BCUT2D eigenvalue weighted by atomic mass is 35.5. The van der Waals surface area contributed by atoms with Gasteiger partial charge in [-0.2, -0.15) is 0 Å². The largest absolute Gasteiger partial charge is 0.461 e. The summed E-state index contributed by atoms with van der Waals surface area (Å²) in [6, 6.07) is 13.6. The van der Waals surface area contributed by atoms with Crippen LogP contribution in [0.15, 0.2) is 52.9 Å². The van der Waals surface area contributed by atoms with Crippen molar-refractivity contribution in [2.24, 2.45) is 0 Å². The van der Waals surface area contributed by atoms with Gasteiger partial charge in [-0.3, -0.25) is 4.79 Å². The summed E-state index contributed by atoms with van der Waals surface area (Å²) < 4.78 is 19.5. The highest BCUT2D eigenvalue weighted by molar-refractivity contribution is 6.33. The molecule has 3 aromatic rings. The number of nitrogens with one attached hydrogen (secondary N) is 1. The molecule has 1 unspecified atom stereocenters. The molecular weight excluding hydrogens is 317 g/mol. The Morgan fingerprint density at radius 3 is 2.78 bits per heavy atom. The Labute approximate surface area is 138 Å². The minimum Gasteiger partial charge on any atom is -0.461 e. The van der Waals surface area contributed by atoms with Crippen molar-refractivity contribution in [3.05, 3.63) is 70.7 Å². The predicted octanol–water partition coefficient (Wildman–Crippen LogP) is 4.59. The molecule has 23 heavy (non-hydrogen) atoms. The first-order valence-electron chi connectivity index (χ1n) is 7.27. The fourth-order valence-corrected chi connectivity index (χ4v) is 2.75. The third-order valence-corrected chi connectivity index (χ3v) is 3.87. The number of halogens is 2. The topological polar surface area (TPSA) is 42.2 Å². The van der Waals surface area contributed by atoms with Gasteiger partial charge in [-0.1, -0.05) is 35.9 Å². The van der Waals surface area contributed by atoms with Crippen molar-refractivity contribution in [3.63, 3.8) is 0 Å². The average molecular weight is 332 g/mol. The fraction of sp³-hybridized carbons (Fsp3) is 0.167. The molecule has 0 saturated carbocycles. The van der Waals surface area contributed by atoms with Gasteiger partial charge in [0.25, 0.3) is 5.91 Å². The first kappa shape index (κ1) is 15.6. The van der Waals surface area contributed by atoms with Crippen LogP contribution in [0.5, 0.6) is 0 Å². The van der Waals surface area contributed by atoms with E-state index in [2.05, 4.69) is 5.32 Å². The van der Waals surface area contributed by atoms with Crippen molar-refractivity contribution >= 4 is 28.5 Å². The van der Waals surface area contributed by atoms with Crippen molar-refractivity contribution in [1.29, 1.82) is 0 Å². The number of amides is 1. The highest BCUT2D eigenvalue weighted by Crippen LogP contribution is 2.21. The minimum absolute atomic E-state index is 0.0958. The standard InChI is InChI=1S/C18H15ClFNO2/c1-11(9-13-10-12-5-2-3-8-16(12)23-13)21-18(22)17-14(19)6-4-7-15(17)20/h2-8,10-11H,9H2,1H3,(H,21,22). The molecule has 1 heterocycles. The van der Waals surface area contributed by atoms with Crippen molar-refractivity contribution < 1.29 is 13.6 Å². The van der Waals surface area contributed by atoms with E-state index in [0.29, 0.717) is 6.42 Å². The van der Waals surface area contributed by atoms with E-state index in [-0.39, 0.29) is 16.6 Å². The van der Waals surface area contributed by atoms with E-state index < -0.39 is 11.7 Å². The molecular formula is C18H15ClFNO2. The number of hydrogen-bond acceptors (Lipinski definition) is 2. The lowest BCUT2D eigenvalue weighted by molar-refractivity contribution is 0.0935. The highest BCUT2D eigenvalue weighted by Gasteiger charge is 2.18. The second kappa shape index (κ2) is 6.42. The van der Waals surface area contributed by atoms with Gasteiger partial charge >= 0.3 is 0 Å². The van der Waals surface area contributed by atoms with Crippen LogP contribution in [0, 0.1) is 5.82 Å². The second-order valence-corrected chi connectivity index (χ2v) is 5.83.